The molecular weight excluding hydrogens is 398 g/mol. The van der Waals surface area contributed by atoms with E-state index in [1.807, 2.05) is 36.8 Å². The van der Waals surface area contributed by atoms with Gasteiger partial charge in [-0.15, -0.1) is 0 Å². The average Bonchev–Trinajstić information content (AvgIpc) is 3.46. The van der Waals surface area contributed by atoms with Crippen LogP contribution in [0.5, 0.6) is 11.5 Å². The minimum Gasteiger partial charge on any atom is -0.468 e. The minimum atomic E-state index is 0.436. The molecule has 158 valence electrons. The van der Waals surface area contributed by atoms with Crippen LogP contribution >= 0.6 is 0 Å². The summed E-state index contributed by atoms with van der Waals surface area (Å²) in [4.78, 5) is 10.5. The Hall–Kier alpha value is -3.82. The second kappa shape index (κ2) is 7.70. The largest absolute Gasteiger partial charge is 0.468 e. The van der Waals surface area contributed by atoms with E-state index in [1.165, 1.54) is 16.5 Å². The summed E-state index contributed by atoms with van der Waals surface area (Å²) in [5.74, 6) is 1.33. The zero-order valence-corrected chi connectivity index (χ0v) is 17.7. The van der Waals surface area contributed by atoms with Crippen molar-refractivity contribution < 1.29 is 4.74 Å². The summed E-state index contributed by atoms with van der Waals surface area (Å²) in [6.45, 7) is 11.0. The van der Waals surface area contributed by atoms with E-state index in [2.05, 4.69) is 54.9 Å². The molecule has 6 nitrogen and oxygen atoms in total. The Balaban J connectivity index is 1.49. The summed E-state index contributed by atoms with van der Waals surface area (Å²) in [6.07, 6.45) is 4.91. The highest BCUT2D eigenvalue weighted by atomic mass is 16.5. The molecule has 0 radical (unpaired) electrons. The number of imidazole rings is 1. The molecule has 1 aromatic heterocycles. The number of fused-ring (bicyclic) bond motifs is 7. The van der Waals surface area contributed by atoms with Gasteiger partial charge < -0.3 is 19.5 Å². The van der Waals surface area contributed by atoms with Gasteiger partial charge in [0.2, 0.25) is 5.69 Å². The molecule has 6 rings (SSSR count). The first-order valence-electron chi connectivity index (χ1n) is 11.0. The summed E-state index contributed by atoms with van der Waals surface area (Å²) < 4.78 is 8.44. The van der Waals surface area contributed by atoms with E-state index in [0.717, 1.165) is 43.1 Å². The highest BCUT2D eigenvalue weighted by Crippen LogP contribution is 2.37. The molecule has 0 unspecified atom stereocenters. The molecule has 2 aliphatic heterocycles. The van der Waals surface area contributed by atoms with Crippen molar-refractivity contribution in [3.05, 3.63) is 89.8 Å². The first-order chi connectivity index (χ1) is 15.8. The van der Waals surface area contributed by atoms with Crippen molar-refractivity contribution in [2.75, 3.05) is 18.0 Å². The molecule has 32 heavy (non-hydrogen) atoms. The zero-order chi connectivity index (χ0) is 21.5. The molecule has 6 bridgehead atoms. The molecule has 1 saturated heterocycles. The van der Waals surface area contributed by atoms with Crippen LogP contribution in [0.4, 0.5) is 11.4 Å². The third kappa shape index (κ3) is 3.37. The molecule has 1 fully saturated rings. The number of nitrogens with zero attached hydrogens (tertiary/aromatic N) is 4. The molecule has 0 spiro atoms. The second-order valence-corrected chi connectivity index (χ2v) is 8.50. The van der Waals surface area contributed by atoms with Gasteiger partial charge in [-0.3, -0.25) is 0 Å². The lowest BCUT2D eigenvalue weighted by Gasteiger charge is -2.22. The number of benzene rings is 3. The van der Waals surface area contributed by atoms with Crippen molar-refractivity contribution in [1.29, 1.82) is 0 Å². The van der Waals surface area contributed by atoms with Crippen LogP contribution in [-0.2, 0) is 13.1 Å². The number of anilines is 1. The van der Waals surface area contributed by atoms with E-state index in [9.17, 15) is 0 Å². The topological polar surface area (TPSA) is 46.7 Å². The van der Waals surface area contributed by atoms with Crippen LogP contribution in [0.1, 0.15) is 17.7 Å². The molecular formula is C26H23N5O. The standard InChI is InChI=1S/C26H23N5O/c1-27-24-8-5-18-11-26(24)32-22-7-6-19-3-2-4-25(23(19)12-22)30-10-9-20(16-30)29-14-21-13-28-17-31(21)15-18/h2-8,11-13,17,20,29H,9-10,14-16H2/t20-/m0/s1. The highest BCUT2D eigenvalue weighted by molar-refractivity contribution is 5.95. The van der Waals surface area contributed by atoms with Crippen molar-refractivity contribution >= 4 is 22.1 Å². The fourth-order valence-corrected chi connectivity index (χ4v) is 4.76. The molecule has 0 amide bonds. The fraction of sp³-hybridized carbons (Fsp3) is 0.231. The summed E-state index contributed by atoms with van der Waals surface area (Å²) in [7, 11) is 0. The maximum Gasteiger partial charge on any atom is 0.228 e. The lowest BCUT2D eigenvalue weighted by atomic mass is 10.1. The minimum absolute atomic E-state index is 0.436. The molecule has 1 atom stereocenters. The van der Waals surface area contributed by atoms with E-state index in [1.54, 1.807) is 0 Å². The summed E-state index contributed by atoms with van der Waals surface area (Å²) in [5.41, 5.74) is 3.97. The summed E-state index contributed by atoms with van der Waals surface area (Å²) in [6, 6.07) is 18.9. The van der Waals surface area contributed by atoms with Gasteiger partial charge in [-0.2, -0.15) is 0 Å². The van der Waals surface area contributed by atoms with Crippen molar-refractivity contribution in [1.82, 2.24) is 14.9 Å². The van der Waals surface area contributed by atoms with Crippen molar-refractivity contribution in [3.63, 3.8) is 0 Å². The monoisotopic (exact) mass is 421 g/mol. The van der Waals surface area contributed by atoms with Crippen LogP contribution in [-0.4, -0.2) is 28.7 Å². The van der Waals surface area contributed by atoms with Crippen molar-refractivity contribution in [2.45, 2.75) is 25.6 Å². The Bertz CT molecular complexity index is 1350. The van der Waals surface area contributed by atoms with E-state index < -0.39 is 0 Å². The van der Waals surface area contributed by atoms with Crippen LogP contribution < -0.4 is 15.0 Å². The Labute approximate surface area is 186 Å². The SMILES string of the molecule is [C-]#[N+]c1ccc2cc1Oc1ccc3cccc(c3c1)N1CC[C@@H](C1)NCc1cncn1C2. The van der Waals surface area contributed by atoms with Gasteiger partial charge in [0.15, 0.2) is 0 Å². The third-order valence-electron chi connectivity index (χ3n) is 6.46. The van der Waals surface area contributed by atoms with Gasteiger partial charge in [-0.1, -0.05) is 30.3 Å². The van der Waals surface area contributed by atoms with Crippen LogP contribution in [0, 0.1) is 6.57 Å². The average molecular weight is 422 g/mol. The van der Waals surface area contributed by atoms with E-state index in [4.69, 9.17) is 11.3 Å². The van der Waals surface area contributed by atoms with Gasteiger partial charge >= 0.3 is 0 Å². The first kappa shape index (κ1) is 18.9. The van der Waals surface area contributed by atoms with E-state index in [0.29, 0.717) is 24.0 Å². The number of aromatic nitrogens is 2. The molecule has 2 aliphatic rings. The van der Waals surface area contributed by atoms with E-state index in [-0.39, 0.29) is 0 Å². The zero-order valence-electron chi connectivity index (χ0n) is 17.7. The molecule has 1 N–H and O–H groups in total. The molecule has 3 aromatic carbocycles. The first-order valence-corrected chi connectivity index (χ1v) is 11.0. The van der Waals surface area contributed by atoms with Crippen LogP contribution in [0.25, 0.3) is 15.6 Å². The van der Waals surface area contributed by atoms with Gasteiger partial charge in [-0.25, -0.2) is 9.83 Å². The number of hydrogen-bond acceptors (Lipinski definition) is 4. The number of ether oxygens (including phenoxy) is 1. The fourth-order valence-electron chi connectivity index (χ4n) is 4.76. The third-order valence-corrected chi connectivity index (χ3v) is 6.46. The van der Waals surface area contributed by atoms with Crippen molar-refractivity contribution in [3.8, 4) is 11.5 Å². The number of nitrogens with one attached hydrogen (secondary N) is 1. The van der Waals surface area contributed by atoms with Gasteiger partial charge in [0.1, 0.15) is 11.5 Å². The normalized spacial score (nSPS) is 17.7. The second-order valence-electron chi connectivity index (χ2n) is 8.50. The van der Waals surface area contributed by atoms with Gasteiger partial charge in [0.05, 0.1) is 18.6 Å². The smallest absolute Gasteiger partial charge is 0.228 e. The Morgan fingerprint density at radius 1 is 1.12 bits per heavy atom. The van der Waals surface area contributed by atoms with E-state index >= 15 is 0 Å². The predicted octanol–water partition coefficient (Wildman–Crippen LogP) is 5.11. The molecule has 3 heterocycles. The summed E-state index contributed by atoms with van der Waals surface area (Å²) >= 11 is 0. The molecule has 0 aliphatic carbocycles. The van der Waals surface area contributed by atoms with Crippen LogP contribution in [0.15, 0.2) is 67.1 Å². The number of rotatable bonds is 0. The quantitative estimate of drug-likeness (QED) is 0.401. The lowest BCUT2D eigenvalue weighted by molar-refractivity contribution is 0.485. The van der Waals surface area contributed by atoms with Crippen LogP contribution in [0.3, 0.4) is 0 Å². The van der Waals surface area contributed by atoms with Crippen molar-refractivity contribution in [2.24, 2.45) is 0 Å². The molecule has 0 saturated carbocycles. The summed E-state index contributed by atoms with van der Waals surface area (Å²) in [5, 5.41) is 6.10. The highest BCUT2D eigenvalue weighted by Gasteiger charge is 2.24. The molecule has 4 aromatic rings. The molecule has 6 heteroatoms. The van der Waals surface area contributed by atoms with Gasteiger partial charge in [0, 0.05) is 49.5 Å². The Morgan fingerprint density at radius 3 is 3.03 bits per heavy atom. The maximum atomic E-state index is 7.58. The lowest BCUT2D eigenvalue weighted by Crippen LogP contribution is -2.32. The van der Waals surface area contributed by atoms with Gasteiger partial charge in [-0.05, 0) is 41.6 Å². The number of hydrogen-bond donors (Lipinski definition) is 1. The Kier molecular flexibility index (Phi) is 4.55. The maximum absolute atomic E-state index is 7.58. The van der Waals surface area contributed by atoms with Gasteiger partial charge in [0.25, 0.3) is 0 Å². The predicted molar refractivity (Wildman–Crippen MR) is 126 cm³/mol. The van der Waals surface area contributed by atoms with Crippen LogP contribution in [0.2, 0.25) is 0 Å². The Morgan fingerprint density at radius 2 is 2.09 bits per heavy atom.